The van der Waals surface area contributed by atoms with E-state index in [0.717, 1.165) is 34.3 Å². The van der Waals surface area contributed by atoms with Crippen molar-refractivity contribution in [1.82, 2.24) is 4.90 Å². The van der Waals surface area contributed by atoms with Crippen LogP contribution in [0.25, 0.3) is 0 Å². The van der Waals surface area contributed by atoms with Gasteiger partial charge in [0.15, 0.2) is 11.6 Å². The van der Waals surface area contributed by atoms with Crippen molar-refractivity contribution in [2.45, 2.75) is 65.8 Å². The fourth-order valence-electron chi connectivity index (χ4n) is 6.07. The monoisotopic (exact) mass is 533 g/mol. The Labute approximate surface area is 215 Å². The molecule has 182 valence electrons. The van der Waals surface area contributed by atoms with Crippen molar-refractivity contribution in [1.29, 1.82) is 0 Å². The minimum absolute atomic E-state index is 0.0721. The highest BCUT2D eigenvalue weighted by molar-refractivity contribution is 9.10. The predicted molar refractivity (Wildman–Crippen MR) is 141 cm³/mol. The SMILES string of the molecule is CC1(C)CC(=O)C2=C(C1)N(Cc1ccccc1)C1=C(C(=O)CC(C)(C)C1)C2c1cc(Br)ccc1O. The number of halogens is 1. The van der Waals surface area contributed by atoms with Crippen LogP contribution in [0.4, 0.5) is 0 Å². The van der Waals surface area contributed by atoms with Gasteiger partial charge in [-0.05, 0) is 47.4 Å². The number of phenols is 1. The first-order chi connectivity index (χ1) is 16.5. The molecule has 3 aliphatic rings. The summed E-state index contributed by atoms with van der Waals surface area (Å²) in [6.45, 7) is 9.17. The molecule has 2 aromatic rings. The molecule has 1 heterocycles. The number of hydrogen-bond acceptors (Lipinski definition) is 4. The molecule has 0 unspecified atom stereocenters. The number of nitrogens with zero attached hydrogens (tertiary/aromatic N) is 1. The number of benzene rings is 2. The molecule has 0 atom stereocenters. The minimum atomic E-state index is -0.545. The highest BCUT2D eigenvalue weighted by atomic mass is 79.9. The van der Waals surface area contributed by atoms with Crippen LogP contribution in [0.2, 0.25) is 0 Å². The molecule has 0 spiro atoms. The van der Waals surface area contributed by atoms with E-state index >= 15 is 0 Å². The van der Waals surface area contributed by atoms with E-state index in [1.165, 1.54) is 0 Å². The van der Waals surface area contributed by atoms with E-state index in [0.29, 0.717) is 36.1 Å². The number of carbonyl (C=O) groups excluding carboxylic acids is 2. The zero-order chi connectivity index (χ0) is 25.1. The van der Waals surface area contributed by atoms with Crippen molar-refractivity contribution in [3.8, 4) is 5.75 Å². The predicted octanol–water partition coefficient (Wildman–Crippen LogP) is 7.04. The molecule has 0 fully saturated rings. The molecule has 4 nitrogen and oxygen atoms in total. The van der Waals surface area contributed by atoms with Crippen LogP contribution in [-0.2, 0) is 16.1 Å². The number of aromatic hydroxyl groups is 1. The third kappa shape index (κ3) is 4.40. The van der Waals surface area contributed by atoms with Gasteiger partial charge in [0, 0.05) is 57.9 Å². The molecule has 2 aliphatic carbocycles. The molecule has 5 heteroatoms. The Morgan fingerprint density at radius 3 is 1.94 bits per heavy atom. The topological polar surface area (TPSA) is 57.6 Å². The maximum Gasteiger partial charge on any atom is 0.162 e. The number of Topliss-reactive ketones (excluding diaryl/α,β-unsaturated/α-hetero) is 2. The molecule has 0 radical (unpaired) electrons. The van der Waals surface area contributed by atoms with Crippen LogP contribution in [0.5, 0.6) is 5.75 Å². The van der Waals surface area contributed by atoms with Crippen molar-refractivity contribution < 1.29 is 14.7 Å². The summed E-state index contributed by atoms with van der Waals surface area (Å²) in [6, 6.07) is 15.5. The van der Waals surface area contributed by atoms with Crippen LogP contribution >= 0.6 is 15.9 Å². The lowest BCUT2D eigenvalue weighted by molar-refractivity contribution is -0.119. The summed E-state index contributed by atoms with van der Waals surface area (Å²) in [6.07, 6.45) is 2.35. The van der Waals surface area contributed by atoms with Crippen LogP contribution in [0.15, 0.2) is 75.5 Å². The lowest BCUT2D eigenvalue weighted by Gasteiger charge is -2.49. The van der Waals surface area contributed by atoms with Crippen molar-refractivity contribution >= 4 is 27.5 Å². The number of carbonyl (C=O) groups is 2. The van der Waals surface area contributed by atoms with Gasteiger partial charge in [-0.1, -0.05) is 74.0 Å². The third-order valence-electron chi connectivity index (χ3n) is 7.51. The number of allylic oxidation sites excluding steroid dienone is 4. The van der Waals surface area contributed by atoms with Gasteiger partial charge in [-0.25, -0.2) is 0 Å². The number of rotatable bonds is 3. The van der Waals surface area contributed by atoms with Crippen molar-refractivity contribution in [2.75, 3.05) is 0 Å². The summed E-state index contributed by atoms with van der Waals surface area (Å²) < 4.78 is 0.813. The molecule has 0 saturated carbocycles. The summed E-state index contributed by atoms with van der Waals surface area (Å²) in [5.41, 5.74) is 4.77. The van der Waals surface area contributed by atoms with Gasteiger partial charge in [0.1, 0.15) is 5.75 Å². The smallest absolute Gasteiger partial charge is 0.162 e. The number of phenolic OH excluding ortho intramolecular Hbond substituents is 1. The Balaban J connectivity index is 1.79. The van der Waals surface area contributed by atoms with Crippen LogP contribution < -0.4 is 0 Å². The second-order valence-corrected chi connectivity index (χ2v) is 12.7. The zero-order valence-corrected chi connectivity index (χ0v) is 22.4. The van der Waals surface area contributed by atoms with Gasteiger partial charge in [0.05, 0.1) is 0 Å². The molecule has 0 amide bonds. The summed E-state index contributed by atoms with van der Waals surface area (Å²) in [5, 5.41) is 10.9. The Bertz CT molecular complexity index is 1230. The summed E-state index contributed by atoms with van der Waals surface area (Å²) in [4.78, 5) is 29.9. The quantitative estimate of drug-likeness (QED) is 0.459. The average molecular weight is 534 g/mol. The fraction of sp³-hybridized carbons (Fsp3) is 0.400. The first-order valence-electron chi connectivity index (χ1n) is 12.3. The first-order valence-corrected chi connectivity index (χ1v) is 13.1. The van der Waals surface area contributed by atoms with E-state index in [-0.39, 0.29) is 28.1 Å². The molecule has 5 rings (SSSR count). The van der Waals surface area contributed by atoms with Crippen LogP contribution in [0, 0.1) is 10.8 Å². The van der Waals surface area contributed by atoms with Crippen LogP contribution in [0.1, 0.15) is 70.4 Å². The molecule has 35 heavy (non-hydrogen) atoms. The van der Waals surface area contributed by atoms with Crippen LogP contribution in [-0.4, -0.2) is 21.6 Å². The molecular weight excluding hydrogens is 502 g/mol. The Morgan fingerprint density at radius 1 is 0.857 bits per heavy atom. The van der Waals surface area contributed by atoms with Gasteiger partial charge >= 0.3 is 0 Å². The van der Waals surface area contributed by atoms with E-state index in [1.54, 1.807) is 12.1 Å². The highest BCUT2D eigenvalue weighted by Gasteiger charge is 2.49. The lowest BCUT2D eigenvalue weighted by Crippen LogP contribution is -2.44. The normalized spacial score (nSPS) is 21.8. The second-order valence-electron chi connectivity index (χ2n) is 11.8. The first kappa shape index (κ1) is 24.1. The third-order valence-corrected chi connectivity index (χ3v) is 8.00. The maximum atomic E-state index is 13.8. The molecule has 1 N–H and O–H groups in total. The van der Waals surface area contributed by atoms with Gasteiger partial charge in [0.2, 0.25) is 0 Å². The molecule has 0 saturated heterocycles. The summed E-state index contributed by atoms with van der Waals surface area (Å²) >= 11 is 3.54. The van der Waals surface area contributed by atoms with Crippen molar-refractivity contribution in [2.24, 2.45) is 10.8 Å². The molecule has 0 aromatic heterocycles. The molecule has 0 bridgehead atoms. The zero-order valence-electron chi connectivity index (χ0n) is 20.8. The van der Waals surface area contributed by atoms with E-state index < -0.39 is 5.92 Å². The van der Waals surface area contributed by atoms with Crippen LogP contribution in [0.3, 0.4) is 0 Å². The van der Waals surface area contributed by atoms with Gasteiger partial charge in [-0.15, -0.1) is 0 Å². The standard InChI is InChI=1S/C30H32BrNO3/c1-29(2)13-21-27(24(34)15-29)26(20-12-19(31)10-11-23(20)33)28-22(14-30(3,4)16-25(28)35)32(21)17-18-8-6-5-7-9-18/h5-12,26,33H,13-17H2,1-4H3. The highest BCUT2D eigenvalue weighted by Crippen LogP contribution is 2.55. The minimum Gasteiger partial charge on any atom is -0.508 e. The maximum absolute atomic E-state index is 13.8. The van der Waals surface area contributed by atoms with Gasteiger partial charge in [0.25, 0.3) is 0 Å². The largest absolute Gasteiger partial charge is 0.508 e. The Kier molecular flexibility index (Phi) is 5.83. The average Bonchev–Trinajstić information content (AvgIpc) is 2.75. The van der Waals surface area contributed by atoms with E-state index in [1.807, 2.05) is 24.3 Å². The van der Waals surface area contributed by atoms with Gasteiger partial charge in [-0.3, -0.25) is 9.59 Å². The molecule has 2 aromatic carbocycles. The Morgan fingerprint density at radius 2 is 1.40 bits per heavy atom. The van der Waals surface area contributed by atoms with E-state index in [2.05, 4.69) is 60.7 Å². The van der Waals surface area contributed by atoms with Crippen molar-refractivity contribution in [3.05, 3.63) is 86.7 Å². The van der Waals surface area contributed by atoms with Gasteiger partial charge in [-0.2, -0.15) is 0 Å². The van der Waals surface area contributed by atoms with Gasteiger partial charge < -0.3 is 10.0 Å². The second kappa shape index (κ2) is 8.48. The lowest BCUT2D eigenvalue weighted by atomic mass is 9.63. The molecule has 1 aliphatic heterocycles. The van der Waals surface area contributed by atoms with Crippen molar-refractivity contribution in [3.63, 3.8) is 0 Å². The Hall–Kier alpha value is -2.66. The molecular formula is C30H32BrNO3. The van der Waals surface area contributed by atoms with E-state index in [9.17, 15) is 14.7 Å². The number of ketones is 2. The summed E-state index contributed by atoms with van der Waals surface area (Å²) in [5.74, 6) is -0.286. The summed E-state index contributed by atoms with van der Waals surface area (Å²) in [7, 11) is 0. The number of hydrogen-bond donors (Lipinski definition) is 1. The fourth-order valence-corrected chi connectivity index (χ4v) is 6.45. The van der Waals surface area contributed by atoms with E-state index in [4.69, 9.17) is 0 Å².